The Bertz CT molecular complexity index is 87.8. The van der Waals surface area contributed by atoms with E-state index >= 15 is 0 Å². The number of hydrogen-bond acceptors (Lipinski definition) is 8. The van der Waals surface area contributed by atoms with E-state index in [2.05, 4.69) is 43.8 Å². The van der Waals surface area contributed by atoms with E-state index in [9.17, 15) is 0 Å². The summed E-state index contributed by atoms with van der Waals surface area (Å²) in [5, 5.41) is 0. The van der Waals surface area contributed by atoms with Gasteiger partial charge in [0, 0.05) is 0 Å². The van der Waals surface area contributed by atoms with Crippen LogP contribution in [0.15, 0.2) is 0 Å². The van der Waals surface area contributed by atoms with Gasteiger partial charge in [0.25, 0.3) is 0 Å². The summed E-state index contributed by atoms with van der Waals surface area (Å²) in [4.78, 5) is 0. The fraction of sp³-hybridized carbons (Fsp3) is 1.00. The second-order valence-corrected chi connectivity index (χ2v) is 2.03. The molecule has 2 aliphatic rings. The summed E-state index contributed by atoms with van der Waals surface area (Å²) in [6.07, 6.45) is 0.171. The molecule has 0 saturated carbocycles. The summed E-state index contributed by atoms with van der Waals surface area (Å²) in [7, 11) is 0. The first-order chi connectivity index (χ1) is 4.97. The summed E-state index contributed by atoms with van der Waals surface area (Å²) in [6, 6.07) is 0. The molecule has 2 rings (SSSR count). The highest BCUT2D eigenvalue weighted by Gasteiger charge is 2.25. The van der Waals surface area contributed by atoms with Crippen LogP contribution >= 0.6 is 0 Å². The Morgan fingerprint density at radius 3 is 1.10 bits per heavy atom. The van der Waals surface area contributed by atoms with Crippen molar-refractivity contribution in [3.8, 4) is 0 Å². The van der Waals surface area contributed by atoms with Crippen LogP contribution in [0.3, 0.4) is 0 Å². The lowest BCUT2D eigenvalue weighted by Gasteiger charge is -2.14. The van der Waals surface area contributed by atoms with Gasteiger partial charge < -0.3 is 0 Å². The minimum absolute atomic E-state index is 0.0856. The third-order valence-corrected chi connectivity index (χ3v) is 1.37. The summed E-state index contributed by atoms with van der Waals surface area (Å²) >= 11 is 0. The van der Waals surface area contributed by atoms with Crippen molar-refractivity contribution in [3.63, 3.8) is 0 Å². The van der Waals surface area contributed by atoms with Crippen LogP contribution in [0.4, 0.5) is 0 Å². The number of nitrogens with one attached hydrogen (secondary N) is 8. The minimum Gasteiger partial charge on any atom is -0.222 e. The lowest BCUT2D eigenvalue weighted by Crippen LogP contribution is -2.55. The van der Waals surface area contributed by atoms with E-state index in [0.717, 1.165) is 0 Å². The van der Waals surface area contributed by atoms with Gasteiger partial charge in [-0.15, -0.1) is 0 Å². The number of hydrazine groups is 6. The maximum absolute atomic E-state index is 2.92. The molecule has 0 atom stereocenters. The Morgan fingerprint density at radius 1 is 0.500 bits per heavy atom. The third kappa shape index (κ3) is 1.10. The van der Waals surface area contributed by atoms with E-state index < -0.39 is 0 Å². The molecule has 2 heterocycles. The molecule has 0 aromatic rings. The standard InChI is InChI=1S/C2H10N8/c3-1(4-8-7-3)2-5-9-10-6-2/h1-10H. The topological polar surface area (TPSA) is 96.2 Å². The molecular weight excluding hydrogens is 136 g/mol. The third-order valence-electron chi connectivity index (χ3n) is 1.37. The fourth-order valence-electron chi connectivity index (χ4n) is 0.861. The highest BCUT2D eigenvalue weighted by molar-refractivity contribution is 4.76. The molecule has 10 heavy (non-hydrogen) atoms. The SMILES string of the molecule is N1NNC(C2NNNN2)N1. The molecule has 2 fully saturated rings. The van der Waals surface area contributed by atoms with Crippen molar-refractivity contribution in [2.75, 3.05) is 0 Å². The minimum atomic E-state index is 0.0856. The maximum atomic E-state index is 2.92. The zero-order chi connectivity index (χ0) is 6.81. The largest absolute Gasteiger partial charge is 0.222 e. The van der Waals surface area contributed by atoms with Crippen LogP contribution in [0.5, 0.6) is 0 Å². The average Bonchev–Trinajstić information content (AvgIpc) is 2.59. The van der Waals surface area contributed by atoms with E-state index in [4.69, 9.17) is 0 Å². The number of hydrogen-bond donors (Lipinski definition) is 8. The highest BCUT2D eigenvalue weighted by Crippen LogP contribution is 1.85. The van der Waals surface area contributed by atoms with E-state index in [1.807, 2.05) is 0 Å². The Labute approximate surface area is 57.3 Å². The van der Waals surface area contributed by atoms with Crippen LogP contribution in [-0.2, 0) is 0 Å². The van der Waals surface area contributed by atoms with Gasteiger partial charge in [-0.1, -0.05) is 0 Å². The molecule has 0 aliphatic carbocycles. The molecule has 8 N–H and O–H groups in total. The van der Waals surface area contributed by atoms with Crippen molar-refractivity contribution in [3.05, 3.63) is 0 Å². The van der Waals surface area contributed by atoms with E-state index in [1.165, 1.54) is 0 Å². The predicted molar refractivity (Wildman–Crippen MR) is 32.7 cm³/mol. The van der Waals surface area contributed by atoms with Crippen molar-refractivity contribution in [1.82, 2.24) is 43.8 Å². The Morgan fingerprint density at radius 2 is 0.800 bits per heavy atom. The molecule has 2 saturated heterocycles. The smallest absolute Gasteiger partial charge is 0.117 e. The summed E-state index contributed by atoms with van der Waals surface area (Å²) < 4.78 is 0. The Balaban J connectivity index is 1.85. The molecule has 0 unspecified atom stereocenters. The highest BCUT2D eigenvalue weighted by atomic mass is 15.9. The van der Waals surface area contributed by atoms with E-state index in [0.29, 0.717) is 0 Å². The Hall–Kier alpha value is -0.320. The summed E-state index contributed by atoms with van der Waals surface area (Å²) in [5.41, 5.74) is 22.5. The van der Waals surface area contributed by atoms with Gasteiger partial charge in [-0.25, -0.2) is 21.7 Å². The molecule has 58 valence electrons. The molecule has 0 aromatic heterocycles. The van der Waals surface area contributed by atoms with Gasteiger partial charge in [0.15, 0.2) is 0 Å². The first kappa shape index (κ1) is 6.39. The molecule has 0 aromatic carbocycles. The second-order valence-electron chi connectivity index (χ2n) is 2.03. The van der Waals surface area contributed by atoms with Crippen LogP contribution in [0, 0.1) is 0 Å². The predicted octanol–water partition coefficient (Wildman–Crippen LogP) is -4.13. The average molecular weight is 146 g/mol. The lowest BCUT2D eigenvalue weighted by molar-refractivity contribution is 0.360. The van der Waals surface area contributed by atoms with Crippen molar-refractivity contribution in [2.45, 2.75) is 12.3 Å². The first-order valence-corrected chi connectivity index (χ1v) is 2.99. The van der Waals surface area contributed by atoms with Gasteiger partial charge in [0.05, 0.1) is 0 Å². The van der Waals surface area contributed by atoms with Crippen LogP contribution in [0.2, 0.25) is 0 Å². The number of rotatable bonds is 1. The Kier molecular flexibility index (Phi) is 1.75. The van der Waals surface area contributed by atoms with Crippen LogP contribution in [0.25, 0.3) is 0 Å². The van der Waals surface area contributed by atoms with Crippen molar-refractivity contribution in [1.29, 1.82) is 0 Å². The summed E-state index contributed by atoms with van der Waals surface area (Å²) in [5.74, 6) is 0. The molecule has 8 nitrogen and oxygen atoms in total. The van der Waals surface area contributed by atoms with Gasteiger partial charge in [0.1, 0.15) is 12.3 Å². The van der Waals surface area contributed by atoms with Crippen LogP contribution < -0.4 is 43.8 Å². The molecule has 0 bridgehead atoms. The van der Waals surface area contributed by atoms with Crippen molar-refractivity contribution in [2.24, 2.45) is 0 Å². The lowest BCUT2D eigenvalue weighted by atomic mass is 10.4. The van der Waals surface area contributed by atoms with Gasteiger partial charge in [-0.05, 0) is 0 Å². The van der Waals surface area contributed by atoms with Crippen molar-refractivity contribution < 1.29 is 0 Å². The summed E-state index contributed by atoms with van der Waals surface area (Å²) in [6.45, 7) is 0. The van der Waals surface area contributed by atoms with Gasteiger partial charge in [-0.3, -0.25) is 0 Å². The zero-order valence-electron chi connectivity index (χ0n) is 5.15. The molecule has 2 aliphatic heterocycles. The van der Waals surface area contributed by atoms with Crippen LogP contribution in [-0.4, -0.2) is 12.3 Å². The molecule has 0 amide bonds. The normalized spacial score (nSPS) is 30.0. The van der Waals surface area contributed by atoms with E-state index in [-0.39, 0.29) is 12.3 Å². The zero-order valence-corrected chi connectivity index (χ0v) is 5.15. The second kappa shape index (κ2) is 2.74. The molecular formula is C2H10N8. The van der Waals surface area contributed by atoms with E-state index in [1.54, 1.807) is 0 Å². The van der Waals surface area contributed by atoms with Gasteiger partial charge in [0.2, 0.25) is 0 Å². The first-order valence-electron chi connectivity index (χ1n) is 2.99. The molecule has 0 spiro atoms. The fourth-order valence-corrected chi connectivity index (χ4v) is 0.861. The monoisotopic (exact) mass is 146 g/mol. The van der Waals surface area contributed by atoms with Crippen molar-refractivity contribution >= 4 is 0 Å². The quantitative estimate of drug-likeness (QED) is 0.189. The van der Waals surface area contributed by atoms with Gasteiger partial charge in [-0.2, -0.15) is 22.1 Å². The molecule has 8 heteroatoms. The van der Waals surface area contributed by atoms with Crippen LogP contribution in [0.1, 0.15) is 0 Å². The molecule has 0 radical (unpaired) electrons. The van der Waals surface area contributed by atoms with Gasteiger partial charge >= 0.3 is 0 Å². The maximum Gasteiger partial charge on any atom is 0.117 e.